The van der Waals surface area contributed by atoms with Gasteiger partial charge in [0, 0.05) is 43.3 Å². The van der Waals surface area contributed by atoms with E-state index in [0.717, 1.165) is 25.7 Å². The molecule has 1 heterocycles. The number of alkyl halides is 1. The summed E-state index contributed by atoms with van der Waals surface area (Å²) in [4.78, 5) is 25.9. The number of hydrogen-bond donors (Lipinski definition) is 0. The number of nitrogens with zero attached hydrogens (tertiary/aromatic N) is 2. The Hall–Kier alpha value is -1.29. The van der Waals surface area contributed by atoms with Crippen LogP contribution >= 0.6 is 11.6 Å². The van der Waals surface area contributed by atoms with Crippen molar-refractivity contribution in [1.82, 2.24) is 9.47 Å². The molecule has 4 nitrogen and oxygen atoms in total. The quantitative estimate of drug-likeness (QED) is 0.793. The van der Waals surface area contributed by atoms with Crippen molar-refractivity contribution in [2.75, 3.05) is 12.4 Å². The van der Waals surface area contributed by atoms with Crippen LogP contribution < -0.4 is 5.56 Å². The van der Waals surface area contributed by atoms with Gasteiger partial charge in [-0.05, 0) is 18.9 Å². The monoisotopic (exact) mass is 282 g/mol. The number of amides is 1. The molecule has 0 N–H and O–H groups in total. The summed E-state index contributed by atoms with van der Waals surface area (Å²) in [5, 5.41) is 0. The molecule has 19 heavy (non-hydrogen) atoms. The Kier molecular flexibility index (Phi) is 4.64. The number of carbonyl (C=O) groups excluding carboxylic acids is 1. The topological polar surface area (TPSA) is 42.3 Å². The Balaban J connectivity index is 2.22. The summed E-state index contributed by atoms with van der Waals surface area (Å²) in [6.45, 7) is 0.542. The summed E-state index contributed by atoms with van der Waals surface area (Å²) in [5.74, 6) is 0.345. The third-order valence-electron chi connectivity index (χ3n) is 3.70. The highest BCUT2D eigenvalue weighted by Gasteiger charge is 2.27. The van der Waals surface area contributed by atoms with Crippen molar-refractivity contribution < 1.29 is 4.79 Å². The molecule has 0 aliphatic heterocycles. The molecule has 104 valence electrons. The van der Waals surface area contributed by atoms with Crippen molar-refractivity contribution in [3.63, 3.8) is 0 Å². The molecule has 1 amide bonds. The molecule has 2 rings (SSSR count). The number of halogens is 1. The maximum atomic E-state index is 12.5. The first-order valence-corrected chi connectivity index (χ1v) is 7.20. The molecule has 0 atom stereocenters. The smallest absolute Gasteiger partial charge is 0.254 e. The summed E-state index contributed by atoms with van der Waals surface area (Å²) in [6, 6.07) is 3.37. The van der Waals surface area contributed by atoms with Crippen LogP contribution in [0.25, 0.3) is 0 Å². The normalized spacial score (nSPS) is 15.7. The minimum atomic E-state index is -0.164. The molecule has 1 aliphatic rings. The van der Waals surface area contributed by atoms with E-state index in [1.165, 1.54) is 10.6 Å². The van der Waals surface area contributed by atoms with E-state index < -0.39 is 0 Å². The highest BCUT2D eigenvalue weighted by molar-refractivity contribution is 6.18. The van der Waals surface area contributed by atoms with Crippen LogP contribution in [0, 0.1) is 0 Å². The first kappa shape index (κ1) is 14.1. The van der Waals surface area contributed by atoms with Gasteiger partial charge in [0.05, 0.1) is 0 Å². The van der Waals surface area contributed by atoms with Gasteiger partial charge in [-0.2, -0.15) is 0 Å². The van der Waals surface area contributed by atoms with Crippen LogP contribution in [-0.2, 0) is 7.05 Å². The summed E-state index contributed by atoms with van der Waals surface area (Å²) < 4.78 is 1.46. The van der Waals surface area contributed by atoms with Crippen LogP contribution in [0.15, 0.2) is 23.1 Å². The Morgan fingerprint density at radius 2 is 2.16 bits per heavy atom. The molecule has 0 bridgehead atoms. The lowest BCUT2D eigenvalue weighted by Crippen LogP contribution is -2.40. The van der Waals surface area contributed by atoms with Crippen LogP contribution in [0.4, 0.5) is 0 Å². The third-order valence-corrected chi connectivity index (χ3v) is 3.87. The second-order valence-corrected chi connectivity index (χ2v) is 5.37. The minimum Gasteiger partial charge on any atom is -0.334 e. The second-order valence-electron chi connectivity index (χ2n) is 4.99. The van der Waals surface area contributed by atoms with Crippen molar-refractivity contribution in [2.24, 2.45) is 7.05 Å². The fraction of sp³-hybridized carbons (Fsp3) is 0.571. The molecule has 1 aliphatic carbocycles. The molecular weight excluding hydrogens is 264 g/mol. The first-order valence-electron chi connectivity index (χ1n) is 6.67. The predicted octanol–water partition coefficient (Wildman–Crippen LogP) is 2.01. The Labute approximate surface area is 118 Å². The summed E-state index contributed by atoms with van der Waals surface area (Å²) in [5.41, 5.74) is 0.295. The summed E-state index contributed by atoms with van der Waals surface area (Å²) in [7, 11) is 1.67. The average Bonchev–Trinajstić information content (AvgIpc) is 2.92. The van der Waals surface area contributed by atoms with Gasteiger partial charge in [0.15, 0.2) is 0 Å². The van der Waals surface area contributed by atoms with Gasteiger partial charge in [0.25, 0.3) is 11.5 Å². The molecule has 0 unspecified atom stereocenters. The van der Waals surface area contributed by atoms with E-state index in [4.69, 9.17) is 11.6 Å². The zero-order valence-electron chi connectivity index (χ0n) is 11.1. The molecule has 1 aromatic rings. The average molecular weight is 283 g/mol. The molecule has 1 fully saturated rings. The first-order chi connectivity index (χ1) is 9.13. The lowest BCUT2D eigenvalue weighted by atomic mass is 10.1. The SMILES string of the molecule is Cn1ccc(C(=O)N(CCCl)C2CCCC2)cc1=O. The van der Waals surface area contributed by atoms with Gasteiger partial charge in [0.1, 0.15) is 0 Å². The highest BCUT2D eigenvalue weighted by atomic mass is 35.5. The number of rotatable bonds is 4. The molecule has 0 aromatic carbocycles. The molecule has 0 saturated heterocycles. The van der Waals surface area contributed by atoms with Crippen molar-refractivity contribution >= 4 is 17.5 Å². The van der Waals surface area contributed by atoms with Crippen molar-refractivity contribution in [2.45, 2.75) is 31.7 Å². The van der Waals surface area contributed by atoms with Gasteiger partial charge >= 0.3 is 0 Å². The van der Waals surface area contributed by atoms with E-state index in [1.807, 2.05) is 4.90 Å². The van der Waals surface area contributed by atoms with Crippen LogP contribution in [0.3, 0.4) is 0 Å². The van der Waals surface area contributed by atoms with Crippen molar-refractivity contribution in [1.29, 1.82) is 0 Å². The van der Waals surface area contributed by atoms with E-state index in [2.05, 4.69) is 0 Å². The van der Waals surface area contributed by atoms with Gasteiger partial charge in [-0.25, -0.2) is 0 Å². The number of carbonyl (C=O) groups is 1. The molecule has 0 radical (unpaired) electrons. The van der Waals surface area contributed by atoms with Gasteiger partial charge < -0.3 is 9.47 Å². The summed E-state index contributed by atoms with van der Waals surface area (Å²) in [6.07, 6.45) is 6.02. The van der Waals surface area contributed by atoms with Crippen molar-refractivity contribution in [3.05, 3.63) is 34.2 Å². The predicted molar refractivity (Wildman–Crippen MR) is 75.7 cm³/mol. The van der Waals surface area contributed by atoms with E-state index in [1.54, 1.807) is 19.3 Å². The Bertz CT molecular complexity index is 506. The van der Waals surface area contributed by atoms with Crippen LogP contribution in [-0.4, -0.2) is 33.8 Å². The van der Waals surface area contributed by atoms with Gasteiger partial charge in [0.2, 0.25) is 0 Å². The maximum absolute atomic E-state index is 12.5. The molecule has 1 saturated carbocycles. The number of pyridine rings is 1. The maximum Gasteiger partial charge on any atom is 0.254 e. The van der Waals surface area contributed by atoms with Gasteiger partial charge in [-0.15, -0.1) is 11.6 Å². The standard InChI is InChI=1S/C14H19ClN2O2/c1-16-8-6-11(10-13(16)18)14(19)17(9-7-15)12-4-2-3-5-12/h6,8,10,12H,2-5,7,9H2,1H3. The van der Waals surface area contributed by atoms with Crippen LogP contribution in [0.5, 0.6) is 0 Å². The fourth-order valence-electron chi connectivity index (χ4n) is 2.60. The lowest BCUT2D eigenvalue weighted by molar-refractivity contribution is 0.0694. The molecule has 1 aromatic heterocycles. The Morgan fingerprint density at radius 3 is 2.74 bits per heavy atom. The molecular formula is C14H19ClN2O2. The van der Waals surface area contributed by atoms with E-state index in [9.17, 15) is 9.59 Å². The van der Waals surface area contributed by atoms with Gasteiger partial charge in [-0.3, -0.25) is 9.59 Å². The zero-order valence-corrected chi connectivity index (χ0v) is 11.9. The van der Waals surface area contributed by atoms with Crippen LogP contribution in [0.2, 0.25) is 0 Å². The number of aryl methyl sites for hydroxylation is 1. The molecule has 5 heteroatoms. The van der Waals surface area contributed by atoms with Crippen molar-refractivity contribution in [3.8, 4) is 0 Å². The van der Waals surface area contributed by atoms with E-state index in [-0.39, 0.29) is 17.5 Å². The summed E-state index contributed by atoms with van der Waals surface area (Å²) >= 11 is 5.80. The molecule has 0 spiro atoms. The third kappa shape index (κ3) is 3.18. The number of aromatic nitrogens is 1. The van der Waals surface area contributed by atoms with E-state index >= 15 is 0 Å². The lowest BCUT2D eigenvalue weighted by Gasteiger charge is -2.28. The largest absolute Gasteiger partial charge is 0.334 e. The van der Waals surface area contributed by atoms with Crippen LogP contribution in [0.1, 0.15) is 36.0 Å². The highest BCUT2D eigenvalue weighted by Crippen LogP contribution is 2.24. The fourth-order valence-corrected chi connectivity index (χ4v) is 2.79. The Morgan fingerprint density at radius 1 is 1.47 bits per heavy atom. The van der Waals surface area contributed by atoms with Gasteiger partial charge in [-0.1, -0.05) is 12.8 Å². The second kappa shape index (κ2) is 6.24. The number of hydrogen-bond acceptors (Lipinski definition) is 2. The van der Waals surface area contributed by atoms with E-state index in [0.29, 0.717) is 18.0 Å². The zero-order chi connectivity index (χ0) is 13.8. The minimum absolute atomic E-state index is 0.0785.